The molecular weight excluding hydrogens is 350 g/mol. The van der Waals surface area contributed by atoms with Crippen LogP contribution in [0.4, 0.5) is 8.78 Å². The number of benzene rings is 1. The van der Waals surface area contributed by atoms with Crippen molar-refractivity contribution < 1.29 is 8.78 Å². The molecule has 1 unspecified atom stereocenters. The van der Waals surface area contributed by atoms with Crippen molar-refractivity contribution >= 4 is 28.3 Å². The van der Waals surface area contributed by atoms with Gasteiger partial charge in [-0.05, 0) is 59.4 Å². The third kappa shape index (κ3) is 3.01. The molecule has 0 aromatic heterocycles. The first kappa shape index (κ1) is 16.1. The van der Waals surface area contributed by atoms with E-state index in [-0.39, 0.29) is 18.0 Å². The second kappa shape index (κ2) is 6.26. The zero-order valence-corrected chi connectivity index (χ0v) is 13.5. The minimum Gasteiger partial charge on any atom is -0.316 e. The number of hydrogen-bond acceptors (Lipinski definition) is 2. The fourth-order valence-electron chi connectivity index (χ4n) is 3.24. The molecule has 112 valence electrons. The standard InChI is InChI=1S/C14H17BrF2N2.ClH/c15-11-1-2-12(16)10(13(11)17)7-19-6-4-14(9-19)3-5-18-8-14;/h1-2,18H,3-9H2;1H. The fourth-order valence-corrected chi connectivity index (χ4v) is 3.62. The largest absolute Gasteiger partial charge is 0.316 e. The van der Waals surface area contributed by atoms with Gasteiger partial charge >= 0.3 is 0 Å². The molecular formula is C14H18BrClF2N2. The Labute approximate surface area is 132 Å². The van der Waals surface area contributed by atoms with E-state index in [9.17, 15) is 8.78 Å². The van der Waals surface area contributed by atoms with Crippen molar-refractivity contribution in [3.05, 3.63) is 33.8 Å². The first-order chi connectivity index (χ1) is 9.10. The van der Waals surface area contributed by atoms with Crippen molar-refractivity contribution in [2.24, 2.45) is 5.41 Å². The molecule has 2 heterocycles. The van der Waals surface area contributed by atoms with Crippen molar-refractivity contribution in [3.63, 3.8) is 0 Å². The topological polar surface area (TPSA) is 15.3 Å². The molecule has 1 aromatic carbocycles. The van der Waals surface area contributed by atoms with Crippen LogP contribution < -0.4 is 5.32 Å². The second-order valence-electron chi connectivity index (χ2n) is 5.71. The summed E-state index contributed by atoms with van der Waals surface area (Å²) >= 11 is 3.12. The highest BCUT2D eigenvalue weighted by Crippen LogP contribution is 2.37. The molecule has 3 rings (SSSR count). The molecule has 2 saturated heterocycles. The Morgan fingerprint density at radius 1 is 1.30 bits per heavy atom. The SMILES string of the molecule is Cl.Fc1ccc(Br)c(F)c1CN1CCC2(CCNC2)C1. The van der Waals surface area contributed by atoms with Crippen LogP contribution in [0.25, 0.3) is 0 Å². The van der Waals surface area contributed by atoms with Crippen LogP contribution in [0.2, 0.25) is 0 Å². The van der Waals surface area contributed by atoms with Gasteiger partial charge in [-0.3, -0.25) is 4.90 Å². The van der Waals surface area contributed by atoms with Gasteiger partial charge in [-0.15, -0.1) is 12.4 Å². The molecule has 20 heavy (non-hydrogen) atoms. The highest BCUT2D eigenvalue weighted by molar-refractivity contribution is 9.10. The monoisotopic (exact) mass is 366 g/mol. The Morgan fingerprint density at radius 3 is 2.80 bits per heavy atom. The van der Waals surface area contributed by atoms with Crippen molar-refractivity contribution in [1.82, 2.24) is 10.2 Å². The van der Waals surface area contributed by atoms with Crippen LogP contribution in [0.5, 0.6) is 0 Å². The van der Waals surface area contributed by atoms with Gasteiger partial charge in [0.25, 0.3) is 0 Å². The molecule has 0 aliphatic carbocycles. The molecule has 1 spiro atoms. The van der Waals surface area contributed by atoms with Crippen LogP contribution in [0.1, 0.15) is 18.4 Å². The summed E-state index contributed by atoms with van der Waals surface area (Å²) in [4.78, 5) is 2.17. The van der Waals surface area contributed by atoms with Crippen LogP contribution in [-0.2, 0) is 6.54 Å². The van der Waals surface area contributed by atoms with Gasteiger partial charge in [-0.25, -0.2) is 8.78 Å². The van der Waals surface area contributed by atoms with E-state index in [0.717, 1.165) is 32.6 Å². The van der Waals surface area contributed by atoms with E-state index in [1.54, 1.807) is 0 Å². The van der Waals surface area contributed by atoms with Crippen LogP contribution in [-0.4, -0.2) is 31.1 Å². The maximum Gasteiger partial charge on any atom is 0.144 e. The van der Waals surface area contributed by atoms with E-state index in [0.29, 0.717) is 16.4 Å². The third-order valence-electron chi connectivity index (χ3n) is 4.37. The maximum atomic E-state index is 14.0. The lowest BCUT2D eigenvalue weighted by Crippen LogP contribution is -2.29. The number of halogens is 4. The van der Waals surface area contributed by atoms with E-state index in [1.165, 1.54) is 18.6 Å². The van der Waals surface area contributed by atoms with E-state index in [2.05, 4.69) is 26.1 Å². The van der Waals surface area contributed by atoms with E-state index in [4.69, 9.17) is 0 Å². The average molecular weight is 368 g/mol. The Morgan fingerprint density at radius 2 is 2.10 bits per heavy atom. The number of likely N-dealkylation sites (tertiary alicyclic amines) is 1. The summed E-state index contributed by atoms with van der Waals surface area (Å²) < 4.78 is 28.0. The lowest BCUT2D eigenvalue weighted by Gasteiger charge is -2.23. The Hall–Kier alpha value is -0.230. The van der Waals surface area contributed by atoms with Crippen LogP contribution in [0.15, 0.2) is 16.6 Å². The Balaban J connectivity index is 0.00000147. The van der Waals surface area contributed by atoms with Gasteiger partial charge in [0.1, 0.15) is 11.6 Å². The van der Waals surface area contributed by atoms with E-state index in [1.807, 2.05) is 0 Å². The van der Waals surface area contributed by atoms with Crippen LogP contribution in [0, 0.1) is 17.0 Å². The molecule has 2 aliphatic heterocycles. The van der Waals surface area contributed by atoms with Crippen molar-refractivity contribution in [2.45, 2.75) is 19.4 Å². The summed E-state index contributed by atoms with van der Waals surface area (Å²) in [6.07, 6.45) is 2.30. The van der Waals surface area contributed by atoms with Gasteiger partial charge in [0.15, 0.2) is 0 Å². The molecule has 1 N–H and O–H groups in total. The third-order valence-corrected chi connectivity index (χ3v) is 4.98. The normalized spacial score (nSPS) is 26.1. The van der Waals surface area contributed by atoms with Crippen molar-refractivity contribution in [2.75, 3.05) is 26.2 Å². The molecule has 2 fully saturated rings. The predicted octanol–water partition coefficient (Wildman–Crippen LogP) is 3.33. The summed E-state index contributed by atoms with van der Waals surface area (Å²) in [5, 5.41) is 3.39. The molecule has 0 radical (unpaired) electrons. The number of hydrogen-bond donors (Lipinski definition) is 1. The second-order valence-corrected chi connectivity index (χ2v) is 6.56. The highest BCUT2D eigenvalue weighted by atomic mass is 79.9. The minimum absolute atomic E-state index is 0. The van der Waals surface area contributed by atoms with Gasteiger partial charge < -0.3 is 5.32 Å². The van der Waals surface area contributed by atoms with Gasteiger partial charge in [-0.1, -0.05) is 0 Å². The summed E-state index contributed by atoms with van der Waals surface area (Å²) in [5.41, 5.74) is 0.510. The highest BCUT2D eigenvalue weighted by Gasteiger charge is 2.40. The lowest BCUT2D eigenvalue weighted by atomic mass is 9.86. The van der Waals surface area contributed by atoms with Gasteiger partial charge in [0, 0.05) is 25.2 Å². The van der Waals surface area contributed by atoms with Crippen LogP contribution >= 0.6 is 28.3 Å². The predicted molar refractivity (Wildman–Crippen MR) is 81.1 cm³/mol. The zero-order valence-electron chi connectivity index (χ0n) is 11.1. The van der Waals surface area contributed by atoms with Gasteiger partial charge in [-0.2, -0.15) is 0 Å². The summed E-state index contributed by atoms with van der Waals surface area (Å²) in [7, 11) is 0. The Bertz CT molecular complexity index is 492. The smallest absolute Gasteiger partial charge is 0.144 e. The quantitative estimate of drug-likeness (QED) is 0.807. The minimum atomic E-state index is -0.467. The van der Waals surface area contributed by atoms with Crippen LogP contribution in [0.3, 0.4) is 0 Å². The lowest BCUT2D eigenvalue weighted by molar-refractivity contribution is 0.262. The molecule has 0 bridgehead atoms. The molecule has 2 aliphatic rings. The molecule has 0 saturated carbocycles. The molecule has 1 atom stereocenters. The Kier molecular flexibility index (Phi) is 5.05. The number of rotatable bonds is 2. The number of nitrogens with zero attached hydrogens (tertiary/aromatic N) is 1. The zero-order chi connectivity index (χ0) is 13.5. The summed E-state index contributed by atoms with van der Waals surface area (Å²) in [5.74, 6) is -0.920. The van der Waals surface area contributed by atoms with Crippen molar-refractivity contribution in [1.29, 1.82) is 0 Å². The summed E-state index contributed by atoms with van der Waals surface area (Å²) in [6.45, 7) is 4.32. The average Bonchev–Trinajstić information content (AvgIpc) is 3.01. The van der Waals surface area contributed by atoms with Crippen molar-refractivity contribution in [3.8, 4) is 0 Å². The number of nitrogens with one attached hydrogen (secondary N) is 1. The first-order valence-electron chi connectivity index (χ1n) is 6.65. The molecule has 6 heteroatoms. The molecule has 0 amide bonds. The first-order valence-corrected chi connectivity index (χ1v) is 7.44. The van der Waals surface area contributed by atoms with E-state index >= 15 is 0 Å². The molecule has 2 nitrogen and oxygen atoms in total. The van der Waals surface area contributed by atoms with Gasteiger partial charge in [0.05, 0.1) is 4.47 Å². The van der Waals surface area contributed by atoms with E-state index < -0.39 is 11.6 Å². The maximum absolute atomic E-state index is 14.0. The fraction of sp³-hybridized carbons (Fsp3) is 0.571. The summed E-state index contributed by atoms with van der Waals surface area (Å²) in [6, 6.07) is 2.74. The molecule has 1 aromatic rings. The van der Waals surface area contributed by atoms with Gasteiger partial charge in [0.2, 0.25) is 0 Å².